The molecule has 1 aromatic carbocycles. The predicted octanol–water partition coefficient (Wildman–Crippen LogP) is 1.40. The number of H-pyrrole nitrogens is 1. The first-order valence-corrected chi connectivity index (χ1v) is 5.09. The lowest BCUT2D eigenvalue weighted by molar-refractivity contribution is 0.102. The standard InChI is InChI=1S/C11H11FN4O2/c1-5-9(13)10(16-15-5)14-11(18)7-4-6(12)2-3-8(7)17/h2-4,17H,13H2,1H3,(H2,14,15,16,18). The maximum atomic E-state index is 13.0. The predicted molar refractivity (Wildman–Crippen MR) is 63.8 cm³/mol. The maximum Gasteiger partial charge on any atom is 0.260 e. The van der Waals surface area contributed by atoms with Crippen LogP contribution in [0.1, 0.15) is 16.1 Å². The number of anilines is 2. The van der Waals surface area contributed by atoms with Crippen LogP contribution >= 0.6 is 0 Å². The molecule has 0 radical (unpaired) electrons. The van der Waals surface area contributed by atoms with E-state index in [9.17, 15) is 14.3 Å². The fourth-order valence-electron chi connectivity index (χ4n) is 1.40. The van der Waals surface area contributed by atoms with Crippen molar-refractivity contribution in [3.63, 3.8) is 0 Å². The van der Waals surface area contributed by atoms with Gasteiger partial charge in [-0.25, -0.2) is 4.39 Å². The number of aromatic amines is 1. The van der Waals surface area contributed by atoms with Crippen molar-refractivity contribution in [1.29, 1.82) is 0 Å². The highest BCUT2D eigenvalue weighted by molar-refractivity contribution is 6.06. The molecule has 5 N–H and O–H groups in total. The average molecular weight is 250 g/mol. The number of hydrogen-bond acceptors (Lipinski definition) is 4. The number of benzene rings is 1. The maximum absolute atomic E-state index is 13.0. The van der Waals surface area contributed by atoms with Gasteiger partial charge in [-0.3, -0.25) is 9.89 Å². The van der Waals surface area contributed by atoms with Crippen LogP contribution in [0, 0.1) is 12.7 Å². The number of aromatic nitrogens is 2. The van der Waals surface area contributed by atoms with Gasteiger partial charge in [0.05, 0.1) is 16.9 Å². The third kappa shape index (κ3) is 2.10. The van der Waals surface area contributed by atoms with Gasteiger partial charge in [-0.2, -0.15) is 5.10 Å². The fourth-order valence-corrected chi connectivity index (χ4v) is 1.40. The first-order valence-electron chi connectivity index (χ1n) is 5.09. The van der Waals surface area contributed by atoms with Crippen molar-refractivity contribution >= 4 is 17.4 Å². The molecule has 2 rings (SSSR count). The van der Waals surface area contributed by atoms with E-state index in [2.05, 4.69) is 15.5 Å². The molecule has 7 heteroatoms. The summed E-state index contributed by atoms with van der Waals surface area (Å²) in [5, 5.41) is 18.2. The molecule has 1 amide bonds. The van der Waals surface area contributed by atoms with Crippen molar-refractivity contribution in [1.82, 2.24) is 10.2 Å². The topological polar surface area (TPSA) is 104 Å². The van der Waals surface area contributed by atoms with E-state index >= 15 is 0 Å². The van der Waals surface area contributed by atoms with Crippen molar-refractivity contribution < 1.29 is 14.3 Å². The van der Waals surface area contributed by atoms with Crippen LogP contribution in [-0.4, -0.2) is 21.2 Å². The van der Waals surface area contributed by atoms with Gasteiger partial charge in [-0.15, -0.1) is 0 Å². The zero-order valence-electron chi connectivity index (χ0n) is 9.49. The molecule has 0 fully saturated rings. The number of aryl methyl sites for hydroxylation is 1. The van der Waals surface area contributed by atoms with Crippen LogP contribution in [-0.2, 0) is 0 Å². The molecule has 0 aliphatic rings. The monoisotopic (exact) mass is 250 g/mol. The minimum Gasteiger partial charge on any atom is -0.507 e. The molecule has 0 spiro atoms. The summed E-state index contributed by atoms with van der Waals surface area (Å²) in [6.07, 6.45) is 0. The Morgan fingerprint density at radius 2 is 2.28 bits per heavy atom. The number of hydrogen-bond donors (Lipinski definition) is 4. The van der Waals surface area contributed by atoms with E-state index < -0.39 is 11.7 Å². The first kappa shape index (κ1) is 11.9. The number of rotatable bonds is 2. The van der Waals surface area contributed by atoms with E-state index in [0.29, 0.717) is 11.4 Å². The highest BCUT2D eigenvalue weighted by atomic mass is 19.1. The van der Waals surface area contributed by atoms with Crippen LogP contribution in [0.15, 0.2) is 18.2 Å². The van der Waals surface area contributed by atoms with E-state index in [0.717, 1.165) is 18.2 Å². The number of carbonyl (C=O) groups excluding carboxylic acids is 1. The molecule has 2 aromatic rings. The molecular formula is C11H11FN4O2. The SMILES string of the molecule is Cc1[nH]nc(NC(=O)c2cc(F)ccc2O)c1N. The molecule has 0 aliphatic carbocycles. The van der Waals surface area contributed by atoms with Crippen LogP contribution in [0.2, 0.25) is 0 Å². The second-order valence-electron chi connectivity index (χ2n) is 3.73. The first-order chi connectivity index (χ1) is 8.49. The molecule has 6 nitrogen and oxygen atoms in total. The minimum absolute atomic E-state index is 0.140. The third-order valence-corrected chi connectivity index (χ3v) is 2.43. The lowest BCUT2D eigenvalue weighted by Crippen LogP contribution is -2.13. The molecule has 0 saturated carbocycles. The normalized spacial score (nSPS) is 10.3. The van der Waals surface area contributed by atoms with Gasteiger partial charge in [0, 0.05) is 0 Å². The molecule has 94 valence electrons. The summed E-state index contributed by atoms with van der Waals surface area (Å²) in [5.74, 6) is -1.49. The minimum atomic E-state index is -0.690. The van der Waals surface area contributed by atoms with Crippen LogP contribution in [0.4, 0.5) is 15.9 Å². The van der Waals surface area contributed by atoms with Crippen molar-refractivity contribution in [2.45, 2.75) is 6.92 Å². The number of phenols is 1. The molecule has 0 saturated heterocycles. The van der Waals surface area contributed by atoms with Crippen LogP contribution in [0.5, 0.6) is 5.75 Å². The van der Waals surface area contributed by atoms with Gasteiger partial charge in [0.25, 0.3) is 5.91 Å². The Morgan fingerprint density at radius 3 is 2.89 bits per heavy atom. The summed E-state index contributed by atoms with van der Waals surface area (Å²) in [6.45, 7) is 1.69. The number of phenolic OH excluding ortho intramolecular Hbond substituents is 1. The van der Waals surface area contributed by atoms with Gasteiger partial charge in [-0.05, 0) is 25.1 Å². The summed E-state index contributed by atoms with van der Waals surface area (Å²) in [4.78, 5) is 11.8. The van der Waals surface area contributed by atoms with Gasteiger partial charge in [0.2, 0.25) is 0 Å². The van der Waals surface area contributed by atoms with E-state index in [-0.39, 0.29) is 17.1 Å². The van der Waals surface area contributed by atoms with Crippen LogP contribution < -0.4 is 11.1 Å². The third-order valence-electron chi connectivity index (χ3n) is 2.43. The molecule has 0 aliphatic heterocycles. The summed E-state index contributed by atoms with van der Waals surface area (Å²) in [7, 11) is 0. The zero-order valence-corrected chi connectivity index (χ0v) is 9.49. The summed E-state index contributed by atoms with van der Waals surface area (Å²) in [6, 6.07) is 3.09. The van der Waals surface area contributed by atoms with Gasteiger partial charge in [0.15, 0.2) is 5.82 Å². The second kappa shape index (κ2) is 4.36. The van der Waals surface area contributed by atoms with E-state index in [4.69, 9.17) is 5.73 Å². The number of aromatic hydroxyl groups is 1. The van der Waals surface area contributed by atoms with Crippen molar-refractivity contribution in [3.05, 3.63) is 35.3 Å². The summed E-state index contributed by atoms with van der Waals surface area (Å²) in [5.41, 5.74) is 6.36. The van der Waals surface area contributed by atoms with Gasteiger partial charge < -0.3 is 16.2 Å². The summed E-state index contributed by atoms with van der Waals surface area (Å²) < 4.78 is 13.0. The van der Waals surface area contributed by atoms with Crippen LogP contribution in [0.3, 0.4) is 0 Å². The lowest BCUT2D eigenvalue weighted by atomic mass is 10.2. The summed E-state index contributed by atoms with van der Waals surface area (Å²) >= 11 is 0. The number of nitrogens with zero attached hydrogens (tertiary/aromatic N) is 1. The Balaban J connectivity index is 2.27. The van der Waals surface area contributed by atoms with E-state index in [1.54, 1.807) is 6.92 Å². The Bertz CT molecular complexity index is 609. The molecule has 0 bridgehead atoms. The highest BCUT2D eigenvalue weighted by Gasteiger charge is 2.15. The molecule has 0 unspecified atom stereocenters. The number of carbonyl (C=O) groups is 1. The Kier molecular flexibility index (Phi) is 2.88. The Morgan fingerprint density at radius 1 is 1.56 bits per heavy atom. The molecular weight excluding hydrogens is 239 g/mol. The van der Waals surface area contributed by atoms with Gasteiger partial charge in [-0.1, -0.05) is 0 Å². The van der Waals surface area contributed by atoms with Crippen molar-refractivity contribution in [3.8, 4) is 5.75 Å². The number of nitrogen functional groups attached to an aromatic ring is 1. The Hall–Kier alpha value is -2.57. The molecule has 18 heavy (non-hydrogen) atoms. The van der Waals surface area contributed by atoms with Crippen molar-refractivity contribution in [2.75, 3.05) is 11.1 Å². The highest BCUT2D eigenvalue weighted by Crippen LogP contribution is 2.22. The zero-order chi connectivity index (χ0) is 13.3. The molecule has 1 aromatic heterocycles. The lowest BCUT2D eigenvalue weighted by Gasteiger charge is -2.05. The van der Waals surface area contributed by atoms with Gasteiger partial charge in [0.1, 0.15) is 11.6 Å². The van der Waals surface area contributed by atoms with E-state index in [1.165, 1.54) is 0 Å². The second-order valence-corrected chi connectivity index (χ2v) is 3.73. The number of nitrogens with two attached hydrogens (primary N) is 1. The van der Waals surface area contributed by atoms with Crippen LogP contribution in [0.25, 0.3) is 0 Å². The number of halogens is 1. The van der Waals surface area contributed by atoms with E-state index in [1.807, 2.05) is 0 Å². The van der Waals surface area contributed by atoms with Crippen molar-refractivity contribution in [2.24, 2.45) is 0 Å². The number of amides is 1. The smallest absolute Gasteiger partial charge is 0.260 e. The number of nitrogens with one attached hydrogen (secondary N) is 2. The quantitative estimate of drug-likeness (QED) is 0.646. The molecule has 0 atom stereocenters. The fraction of sp³-hybridized carbons (Fsp3) is 0.0909. The Labute approximate surface area is 102 Å². The molecule has 1 heterocycles. The van der Waals surface area contributed by atoms with Gasteiger partial charge >= 0.3 is 0 Å². The average Bonchev–Trinajstić information content (AvgIpc) is 2.64. The largest absolute Gasteiger partial charge is 0.507 e.